The molecule has 0 bridgehead atoms. The molecule has 1 aromatic carbocycles. The number of hydrogen-bond acceptors (Lipinski definition) is 2. The van der Waals surface area contributed by atoms with Crippen molar-refractivity contribution in [3.05, 3.63) is 40.3 Å². The van der Waals surface area contributed by atoms with Crippen LogP contribution in [0.15, 0.2) is 29.0 Å². The predicted octanol–water partition coefficient (Wildman–Crippen LogP) is 2.85. The zero-order valence-electron chi connectivity index (χ0n) is 8.49. The number of carboxylic acids is 1. The number of aromatic carboxylic acids is 1. The van der Waals surface area contributed by atoms with Crippen molar-refractivity contribution in [1.82, 2.24) is 9.97 Å². The van der Waals surface area contributed by atoms with Crippen LogP contribution in [0.1, 0.15) is 16.1 Å². The van der Waals surface area contributed by atoms with E-state index in [9.17, 15) is 4.79 Å². The zero-order chi connectivity index (χ0) is 11.7. The van der Waals surface area contributed by atoms with Gasteiger partial charge in [0, 0.05) is 5.56 Å². The van der Waals surface area contributed by atoms with E-state index in [0.29, 0.717) is 10.4 Å². The van der Waals surface area contributed by atoms with Crippen molar-refractivity contribution in [3.63, 3.8) is 0 Å². The SMILES string of the molecule is Cc1cccc(-c2nc(Br)[nH]c2C(=O)O)c1. The summed E-state index contributed by atoms with van der Waals surface area (Å²) in [6.07, 6.45) is 0. The molecule has 0 saturated heterocycles. The van der Waals surface area contributed by atoms with E-state index in [0.717, 1.165) is 11.1 Å². The molecule has 5 heteroatoms. The van der Waals surface area contributed by atoms with Crippen LogP contribution < -0.4 is 0 Å². The molecule has 0 fully saturated rings. The van der Waals surface area contributed by atoms with Gasteiger partial charge in [-0.05, 0) is 28.9 Å². The number of H-pyrrole nitrogens is 1. The Morgan fingerprint density at radius 3 is 2.88 bits per heavy atom. The number of benzene rings is 1. The van der Waals surface area contributed by atoms with Gasteiger partial charge in [0.25, 0.3) is 0 Å². The average molecular weight is 281 g/mol. The van der Waals surface area contributed by atoms with Gasteiger partial charge in [-0.3, -0.25) is 0 Å². The number of nitrogens with one attached hydrogen (secondary N) is 1. The van der Waals surface area contributed by atoms with Crippen LogP contribution >= 0.6 is 15.9 Å². The fraction of sp³-hybridized carbons (Fsp3) is 0.0909. The van der Waals surface area contributed by atoms with E-state index in [4.69, 9.17) is 5.11 Å². The first-order valence-electron chi connectivity index (χ1n) is 4.64. The van der Waals surface area contributed by atoms with E-state index >= 15 is 0 Å². The number of carbonyl (C=O) groups is 1. The second-order valence-corrected chi connectivity index (χ2v) is 4.18. The molecule has 0 spiro atoms. The Labute approximate surface area is 100 Å². The lowest BCUT2D eigenvalue weighted by atomic mass is 10.1. The summed E-state index contributed by atoms with van der Waals surface area (Å²) < 4.78 is 0.418. The topological polar surface area (TPSA) is 66.0 Å². The molecule has 0 radical (unpaired) electrons. The molecule has 0 aliphatic rings. The number of halogens is 1. The van der Waals surface area contributed by atoms with Crippen LogP contribution in [0.5, 0.6) is 0 Å². The normalized spacial score (nSPS) is 10.4. The van der Waals surface area contributed by atoms with E-state index in [1.54, 1.807) is 0 Å². The Morgan fingerprint density at radius 1 is 1.50 bits per heavy atom. The third-order valence-electron chi connectivity index (χ3n) is 2.18. The number of rotatable bonds is 2. The minimum Gasteiger partial charge on any atom is -0.477 e. The van der Waals surface area contributed by atoms with Crippen molar-refractivity contribution in [2.24, 2.45) is 0 Å². The number of nitrogens with zero attached hydrogens (tertiary/aromatic N) is 1. The fourth-order valence-corrected chi connectivity index (χ4v) is 1.88. The highest BCUT2D eigenvalue weighted by Gasteiger charge is 2.16. The molecule has 0 aliphatic heterocycles. The first-order chi connectivity index (χ1) is 7.58. The van der Waals surface area contributed by atoms with Crippen LogP contribution in [0, 0.1) is 6.92 Å². The van der Waals surface area contributed by atoms with Gasteiger partial charge in [0.2, 0.25) is 0 Å². The van der Waals surface area contributed by atoms with Crippen LogP contribution in [0.2, 0.25) is 0 Å². The van der Waals surface area contributed by atoms with Crippen molar-refractivity contribution < 1.29 is 9.90 Å². The molecule has 16 heavy (non-hydrogen) atoms. The van der Waals surface area contributed by atoms with Crippen LogP contribution in [0.25, 0.3) is 11.3 Å². The summed E-state index contributed by atoms with van der Waals surface area (Å²) in [5.74, 6) is -1.02. The number of aryl methyl sites for hydroxylation is 1. The maximum absolute atomic E-state index is 11.0. The first-order valence-corrected chi connectivity index (χ1v) is 5.43. The lowest BCUT2D eigenvalue weighted by molar-refractivity contribution is 0.0692. The molecular formula is C11H9BrN2O2. The van der Waals surface area contributed by atoms with Crippen molar-refractivity contribution in [1.29, 1.82) is 0 Å². The zero-order valence-corrected chi connectivity index (χ0v) is 10.1. The van der Waals surface area contributed by atoms with Gasteiger partial charge in [0.05, 0.1) is 0 Å². The van der Waals surface area contributed by atoms with Gasteiger partial charge < -0.3 is 10.1 Å². The van der Waals surface area contributed by atoms with Crippen molar-refractivity contribution >= 4 is 21.9 Å². The van der Waals surface area contributed by atoms with Crippen molar-refractivity contribution in [2.45, 2.75) is 6.92 Å². The van der Waals surface area contributed by atoms with Gasteiger partial charge in [-0.1, -0.05) is 23.8 Å². The van der Waals surface area contributed by atoms with Crippen molar-refractivity contribution in [2.75, 3.05) is 0 Å². The summed E-state index contributed by atoms with van der Waals surface area (Å²) >= 11 is 3.14. The molecule has 2 aromatic rings. The molecule has 0 saturated carbocycles. The van der Waals surface area contributed by atoms with E-state index in [2.05, 4.69) is 25.9 Å². The van der Waals surface area contributed by atoms with E-state index in [-0.39, 0.29) is 5.69 Å². The minimum atomic E-state index is -1.02. The summed E-state index contributed by atoms with van der Waals surface area (Å²) in [6.45, 7) is 1.95. The molecule has 1 aromatic heterocycles. The van der Waals surface area contributed by atoms with Gasteiger partial charge in [-0.2, -0.15) is 0 Å². The van der Waals surface area contributed by atoms with Gasteiger partial charge in [0.15, 0.2) is 10.4 Å². The Balaban J connectivity index is 2.59. The predicted molar refractivity (Wildman–Crippen MR) is 63.4 cm³/mol. The lowest BCUT2D eigenvalue weighted by Gasteiger charge is -2.00. The van der Waals surface area contributed by atoms with Crippen LogP contribution in [0.4, 0.5) is 0 Å². The second kappa shape index (κ2) is 4.09. The third kappa shape index (κ3) is 1.99. The average Bonchev–Trinajstić information content (AvgIpc) is 2.60. The highest BCUT2D eigenvalue weighted by Crippen LogP contribution is 2.24. The summed E-state index contributed by atoms with van der Waals surface area (Å²) in [6, 6.07) is 7.56. The molecular weight excluding hydrogens is 272 g/mol. The van der Waals surface area contributed by atoms with Crippen LogP contribution in [-0.2, 0) is 0 Å². The maximum Gasteiger partial charge on any atom is 0.354 e. The minimum absolute atomic E-state index is 0.0949. The highest BCUT2D eigenvalue weighted by atomic mass is 79.9. The van der Waals surface area contributed by atoms with Crippen LogP contribution in [-0.4, -0.2) is 21.0 Å². The smallest absolute Gasteiger partial charge is 0.354 e. The van der Waals surface area contributed by atoms with Gasteiger partial charge in [-0.15, -0.1) is 0 Å². The number of aromatic amines is 1. The van der Waals surface area contributed by atoms with Gasteiger partial charge in [0.1, 0.15) is 5.69 Å². The molecule has 0 aliphatic carbocycles. The number of imidazole rings is 1. The monoisotopic (exact) mass is 280 g/mol. The first kappa shape index (κ1) is 10.9. The summed E-state index contributed by atoms with van der Waals surface area (Å²) in [5.41, 5.74) is 2.40. The molecule has 2 rings (SSSR count). The number of hydrogen-bond donors (Lipinski definition) is 2. The molecule has 0 unspecified atom stereocenters. The third-order valence-corrected chi connectivity index (χ3v) is 2.56. The largest absolute Gasteiger partial charge is 0.477 e. The Morgan fingerprint density at radius 2 is 2.25 bits per heavy atom. The Kier molecular flexibility index (Phi) is 2.78. The molecule has 1 heterocycles. The highest BCUT2D eigenvalue weighted by molar-refractivity contribution is 9.10. The molecule has 82 valence electrons. The maximum atomic E-state index is 11.0. The second-order valence-electron chi connectivity index (χ2n) is 3.43. The summed E-state index contributed by atoms with van der Waals surface area (Å²) in [4.78, 5) is 17.8. The lowest BCUT2D eigenvalue weighted by Crippen LogP contribution is -1.99. The van der Waals surface area contributed by atoms with E-state index in [1.165, 1.54) is 0 Å². The Hall–Kier alpha value is -1.62. The van der Waals surface area contributed by atoms with E-state index < -0.39 is 5.97 Å². The molecule has 2 N–H and O–H groups in total. The quantitative estimate of drug-likeness (QED) is 0.889. The molecule has 4 nitrogen and oxygen atoms in total. The molecule has 0 amide bonds. The molecule has 0 atom stereocenters. The number of aromatic nitrogens is 2. The van der Waals surface area contributed by atoms with E-state index in [1.807, 2.05) is 31.2 Å². The Bertz CT molecular complexity index is 549. The summed E-state index contributed by atoms with van der Waals surface area (Å²) in [7, 11) is 0. The number of carboxylic acid groups (broad SMARTS) is 1. The summed E-state index contributed by atoms with van der Waals surface area (Å²) in [5, 5.41) is 9.02. The standard InChI is InChI=1S/C11H9BrN2O2/c1-6-3-2-4-7(5-6)8-9(10(15)16)14-11(12)13-8/h2-5H,1H3,(H,13,14)(H,15,16). The van der Waals surface area contributed by atoms with Crippen LogP contribution in [0.3, 0.4) is 0 Å². The van der Waals surface area contributed by atoms with Gasteiger partial charge >= 0.3 is 5.97 Å². The van der Waals surface area contributed by atoms with Crippen molar-refractivity contribution in [3.8, 4) is 11.3 Å². The van der Waals surface area contributed by atoms with Gasteiger partial charge in [-0.25, -0.2) is 9.78 Å². The fourth-order valence-electron chi connectivity index (χ4n) is 1.50.